The lowest BCUT2D eigenvalue weighted by Gasteiger charge is -2.00. The van der Waals surface area contributed by atoms with E-state index in [4.69, 9.17) is 0 Å². The van der Waals surface area contributed by atoms with Crippen molar-refractivity contribution in [3.05, 3.63) is 29.8 Å². The molecule has 0 aromatic heterocycles. The molecule has 0 unspecified atom stereocenters. The smallest absolute Gasteiger partial charge is 0.0375 e. The number of nitrogens with one attached hydrogen (secondary N) is 1. The molecule has 1 aromatic carbocycles. The van der Waals surface area contributed by atoms with Gasteiger partial charge >= 0.3 is 0 Å². The van der Waals surface area contributed by atoms with Crippen LogP contribution in [0, 0.1) is 0 Å². The highest BCUT2D eigenvalue weighted by Crippen LogP contribution is 2.24. The first-order chi connectivity index (χ1) is 5.86. The molecule has 2 rings (SSSR count). The summed E-state index contributed by atoms with van der Waals surface area (Å²) < 4.78 is 0. The van der Waals surface area contributed by atoms with Crippen LogP contribution in [-0.4, -0.2) is 6.04 Å². The Hall–Kier alpha value is -0.980. The van der Waals surface area contributed by atoms with Gasteiger partial charge in [-0.2, -0.15) is 0 Å². The molecule has 1 heteroatoms. The SMILES string of the molecule is CC.C[C@H]1Cc2ccccc2N1. The summed E-state index contributed by atoms with van der Waals surface area (Å²) in [6, 6.07) is 9.12. The molecule has 1 nitrogen and oxygen atoms in total. The fourth-order valence-electron chi connectivity index (χ4n) is 1.49. The van der Waals surface area contributed by atoms with Crippen LogP contribution in [0.2, 0.25) is 0 Å². The van der Waals surface area contributed by atoms with Gasteiger partial charge in [0.25, 0.3) is 0 Å². The van der Waals surface area contributed by atoms with E-state index < -0.39 is 0 Å². The number of rotatable bonds is 0. The minimum Gasteiger partial charge on any atom is -0.382 e. The molecule has 0 bridgehead atoms. The molecule has 0 saturated heterocycles. The third kappa shape index (κ3) is 1.79. The third-order valence-electron chi connectivity index (χ3n) is 1.95. The molecule has 0 amide bonds. The quantitative estimate of drug-likeness (QED) is 0.619. The number of hydrogen-bond acceptors (Lipinski definition) is 1. The van der Waals surface area contributed by atoms with Gasteiger partial charge in [-0.1, -0.05) is 32.0 Å². The molecule has 1 heterocycles. The Morgan fingerprint density at radius 2 is 1.92 bits per heavy atom. The Bertz CT molecular complexity index is 218. The summed E-state index contributed by atoms with van der Waals surface area (Å²) >= 11 is 0. The lowest BCUT2D eigenvalue weighted by atomic mass is 10.1. The zero-order valence-electron chi connectivity index (χ0n) is 8.09. The Balaban J connectivity index is 0.000000336. The van der Waals surface area contributed by atoms with Crippen molar-refractivity contribution in [2.24, 2.45) is 0 Å². The molecule has 12 heavy (non-hydrogen) atoms. The largest absolute Gasteiger partial charge is 0.382 e. The van der Waals surface area contributed by atoms with E-state index in [0.717, 1.165) is 0 Å². The third-order valence-corrected chi connectivity index (χ3v) is 1.95. The lowest BCUT2D eigenvalue weighted by molar-refractivity contribution is 0.839. The van der Waals surface area contributed by atoms with Gasteiger partial charge < -0.3 is 5.32 Å². The Labute approximate surface area is 74.8 Å². The van der Waals surface area contributed by atoms with Gasteiger partial charge in [0.15, 0.2) is 0 Å². The fraction of sp³-hybridized carbons (Fsp3) is 0.455. The molecule has 1 atom stereocenters. The molecule has 0 radical (unpaired) electrons. The van der Waals surface area contributed by atoms with Gasteiger partial charge in [-0.25, -0.2) is 0 Å². The van der Waals surface area contributed by atoms with Crippen LogP contribution < -0.4 is 5.32 Å². The van der Waals surface area contributed by atoms with E-state index in [2.05, 4.69) is 36.5 Å². The average Bonchev–Trinajstić information content (AvgIpc) is 2.48. The lowest BCUT2D eigenvalue weighted by Crippen LogP contribution is -2.08. The first-order valence-electron chi connectivity index (χ1n) is 4.71. The second-order valence-corrected chi connectivity index (χ2v) is 2.91. The van der Waals surface area contributed by atoms with E-state index in [1.807, 2.05) is 13.8 Å². The maximum Gasteiger partial charge on any atom is 0.0375 e. The van der Waals surface area contributed by atoms with Crippen LogP contribution in [0.1, 0.15) is 26.3 Å². The number of para-hydroxylation sites is 1. The monoisotopic (exact) mass is 163 g/mol. The van der Waals surface area contributed by atoms with Crippen LogP contribution in [0.3, 0.4) is 0 Å². The van der Waals surface area contributed by atoms with E-state index in [-0.39, 0.29) is 0 Å². The van der Waals surface area contributed by atoms with Gasteiger partial charge in [-0.3, -0.25) is 0 Å². The van der Waals surface area contributed by atoms with Gasteiger partial charge in [-0.15, -0.1) is 0 Å². The second kappa shape index (κ2) is 4.15. The van der Waals surface area contributed by atoms with Crippen molar-refractivity contribution < 1.29 is 0 Å². The molecule has 0 spiro atoms. The summed E-state index contributed by atoms with van der Waals surface area (Å²) in [5.74, 6) is 0. The Morgan fingerprint density at radius 3 is 2.58 bits per heavy atom. The van der Waals surface area contributed by atoms with Crippen molar-refractivity contribution in [3.8, 4) is 0 Å². The zero-order chi connectivity index (χ0) is 8.97. The summed E-state index contributed by atoms with van der Waals surface area (Å²) in [5, 5.41) is 3.40. The van der Waals surface area contributed by atoms with Crippen LogP contribution in [0.4, 0.5) is 5.69 Å². The summed E-state index contributed by atoms with van der Waals surface area (Å²) in [7, 11) is 0. The van der Waals surface area contributed by atoms with E-state index in [0.29, 0.717) is 6.04 Å². The molecule has 1 N–H and O–H groups in total. The summed E-state index contributed by atoms with van der Waals surface area (Å²) in [4.78, 5) is 0. The number of hydrogen-bond donors (Lipinski definition) is 1. The first-order valence-corrected chi connectivity index (χ1v) is 4.71. The standard InChI is InChI=1S/C9H11N.C2H6/c1-7-6-8-4-2-3-5-9(8)10-7;1-2/h2-5,7,10H,6H2,1H3;1-2H3/t7-;/m0./s1. The maximum atomic E-state index is 3.40. The van der Waals surface area contributed by atoms with Gasteiger partial charge in [-0.05, 0) is 25.0 Å². The first kappa shape index (κ1) is 9.11. The number of benzene rings is 1. The van der Waals surface area contributed by atoms with Crippen LogP contribution >= 0.6 is 0 Å². The molecular formula is C11H17N. The second-order valence-electron chi connectivity index (χ2n) is 2.91. The number of fused-ring (bicyclic) bond motifs is 1. The predicted molar refractivity (Wildman–Crippen MR) is 54.6 cm³/mol. The van der Waals surface area contributed by atoms with Crippen molar-refractivity contribution >= 4 is 5.69 Å². The molecule has 0 fully saturated rings. The van der Waals surface area contributed by atoms with Crippen molar-refractivity contribution in [1.29, 1.82) is 0 Å². The highest BCUT2D eigenvalue weighted by molar-refractivity contribution is 5.56. The van der Waals surface area contributed by atoms with Crippen molar-refractivity contribution in [3.63, 3.8) is 0 Å². The fourth-order valence-corrected chi connectivity index (χ4v) is 1.49. The minimum absolute atomic E-state index is 0.623. The van der Waals surface area contributed by atoms with E-state index >= 15 is 0 Å². The predicted octanol–water partition coefficient (Wildman–Crippen LogP) is 3.07. The van der Waals surface area contributed by atoms with E-state index in [1.54, 1.807) is 0 Å². The van der Waals surface area contributed by atoms with Gasteiger partial charge in [0.1, 0.15) is 0 Å². The topological polar surface area (TPSA) is 12.0 Å². The summed E-state index contributed by atoms with van der Waals surface area (Å²) in [5.41, 5.74) is 2.77. The van der Waals surface area contributed by atoms with E-state index in [9.17, 15) is 0 Å². The highest BCUT2D eigenvalue weighted by Gasteiger charge is 2.14. The molecule has 1 aromatic rings. The van der Waals surface area contributed by atoms with Crippen LogP contribution in [0.5, 0.6) is 0 Å². The summed E-state index contributed by atoms with van der Waals surface area (Å²) in [6.07, 6.45) is 1.18. The Kier molecular flexibility index (Phi) is 3.15. The van der Waals surface area contributed by atoms with E-state index in [1.165, 1.54) is 17.7 Å². The van der Waals surface area contributed by atoms with Crippen LogP contribution in [-0.2, 0) is 6.42 Å². The normalized spacial score (nSPS) is 18.8. The van der Waals surface area contributed by atoms with Crippen LogP contribution in [0.25, 0.3) is 0 Å². The highest BCUT2D eigenvalue weighted by atomic mass is 14.9. The molecule has 0 aliphatic carbocycles. The van der Waals surface area contributed by atoms with Gasteiger partial charge in [0.05, 0.1) is 0 Å². The minimum atomic E-state index is 0.623. The Morgan fingerprint density at radius 1 is 1.25 bits per heavy atom. The van der Waals surface area contributed by atoms with Crippen LogP contribution in [0.15, 0.2) is 24.3 Å². The molecule has 1 aliphatic heterocycles. The molecule has 0 saturated carbocycles. The number of anilines is 1. The van der Waals surface area contributed by atoms with Gasteiger partial charge in [0, 0.05) is 11.7 Å². The molecule has 1 aliphatic rings. The zero-order valence-corrected chi connectivity index (χ0v) is 8.09. The molecule has 66 valence electrons. The summed E-state index contributed by atoms with van der Waals surface area (Å²) in [6.45, 7) is 6.21. The van der Waals surface area contributed by atoms with Gasteiger partial charge in [0.2, 0.25) is 0 Å². The maximum absolute atomic E-state index is 3.40. The molecular weight excluding hydrogens is 146 g/mol. The van der Waals surface area contributed by atoms with Crippen molar-refractivity contribution in [1.82, 2.24) is 0 Å². The average molecular weight is 163 g/mol. The van der Waals surface area contributed by atoms with Crippen molar-refractivity contribution in [2.45, 2.75) is 33.2 Å². The van der Waals surface area contributed by atoms with Crippen molar-refractivity contribution in [2.75, 3.05) is 5.32 Å².